The van der Waals surface area contributed by atoms with Crippen LogP contribution in [0, 0.1) is 0 Å². The van der Waals surface area contributed by atoms with Crippen LogP contribution in [0.5, 0.6) is 0 Å². The van der Waals surface area contributed by atoms with Gasteiger partial charge in [0.2, 0.25) is 15.9 Å². The van der Waals surface area contributed by atoms with Crippen molar-refractivity contribution in [2.24, 2.45) is 0 Å². The largest absolute Gasteiger partial charge is 0.326 e. The highest BCUT2D eigenvalue weighted by atomic mass is 32.2. The van der Waals surface area contributed by atoms with Gasteiger partial charge in [-0.3, -0.25) is 4.79 Å². The molecule has 0 radical (unpaired) electrons. The molecule has 7 heteroatoms. The first-order valence-electron chi connectivity index (χ1n) is 8.41. The lowest BCUT2D eigenvalue weighted by atomic mass is 9.78. The zero-order valence-corrected chi connectivity index (χ0v) is 15.3. The number of piperazine rings is 1. The summed E-state index contributed by atoms with van der Waals surface area (Å²) < 4.78 is 27.5. The Bertz CT molecular complexity index is 750. The predicted octanol–water partition coefficient (Wildman–Crippen LogP) is 1.63. The van der Waals surface area contributed by atoms with E-state index in [1.807, 2.05) is 13.8 Å². The number of fused-ring (bicyclic) bond motifs is 1. The Kier molecular flexibility index (Phi) is 4.44. The van der Waals surface area contributed by atoms with Gasteiger partial charge < -0.3 is 10.2 Å². The van der Waals surface area contributed by atoms with Crippen LogP contribution in [-0.4, -0.2) is 56.3 Å². The van der Waals surface area contributed by atoms with Crippen LogP contribution in [0.25, 0.3) is 0 Å². The van der Waals surface area contributed by atoms with Gasteiger partial charge in [-0.05, 0) is 30.3 Å². The minimum absolute atomic E-state index is 0.0289. The summed E-state index contributed by atoms with van der Waals surface area (Å²) in [7, 11) is -3.50. The standard InChI is InChI=1S/C17H25N3O3S/c1-4-19-7-9-20(10-8-19)24(22,23)13-5-6-15-14(11-13)17(2,3)12-16(21)18-15/h5-6,11H,4,7-10,12H2,1-3H3,(H,18,21). The Labute approximate surface area is 143 Å². The number of benzene rings is 1. The number of sulfonamides is 1. The topological polar surface area (TPSA) is 69.7 Å². The van der Waals surface area contributed by atoms with E-state index >= 15 is 0 Å². The van der Waals surface area contributed by atoms with Crippen molar-refractivity contribution in [3.05, 3.63) is 23.8 Å². The van der Waals surface area contributed by atoms with Crippen molar-refractivity contribution in [2.45, 2.75) is 37.5 Å². The van der Waals surface area contributed by atoms with Crippen molar-refractivity contribution in [3.63, 3.8) is 0 Å². The highest BCUT2D eigenvalue weighted by Crippen LogP contribution is 2.38. The number of carbonyl (C=O) groups is 1. The highest BCUT2D eigenvalue weighted by molar-refractivity contribution is 7.89. The minimum Gasteiger partial charge on any atom is -0.326 e. The van der Waals surface area contributed by atoms with E-state index in [0.717, 1.165) is 25.2 Å². The van der Waals surface area contributed by atoms with Crippen molar-refractivity contribution in [1.82, 2.24) is 9.21 Å². The summed E-state index contributed by atoms with van der Waals surface area (Å²) in [4.78, 5) is 14.4. The van der Waals surface area contributed by atoms with Crippen LogP contribution in [0.1, 0.15) is 32.8 Å². The molecule has 3 rings (SSSR count). The minimum atomic E-state index is -3.50. The summed E-state index contributed by atoms with van der Waals surface area (Å²) >= 11 is 0. The van der Waals surface area contributed by atoms with E-state index in [0.29, 0.717) is 30.1 Å². The van der Waals surface area contributed by atoms with Crippen LogP contribution in [-0.2, 0) is 20.2 Å². The number of hydrogen-bond acceptors (Lipinski definition) is 4. The molecule has 24 heavy (non-hydrogen) atoms. The van der Waals surface area contributed by atoms with Crippen LogP contribution in [0.15, 0.2) is 23.1 Å². The second kappa shape index (κ2) is 6.13. The molecule has 0 bridgehead atoms. The Morgan fingerprint density at radius 3 is 2.46 bits per heavy atom. The van der Waals surface area contributed by atoms with Gasteiger partial charge in [-0.2, -0.15) is 4.31 Å². The number of nitrogens with one attached hydrogen (secondary N) is 1. The van der Waals surface area contributed by atoms with Crippen molar-refractivity contribution >= 4 is 21.6 Å². The van der Waals surface area contributed by atoms with Crippen molar-refractivity contribution in [1.29, 1.82) is 0 Å². The smallest absolute Gasteiger partial charge is 0.243 e. The Hall–Kier alpha value is -1.44. The maximum absolute atomic E-state index is 13.0. The maximum Gasteiger partial charge on any atom is 0.243 e. The van der Waals surface area contributed by atoms with Gasteiger partial charge in [-0.1, -0.05) is 20.8 Å². The molecule has 0 saturated carbocycles. The number of anilines is 1. The average molecular weight is 351 g/mol. The summed E-state index contributed by atoms with van der Waals surface area (Å²) in [5.74, 6) is -0.0289. The summed E-state index contributed by atoms with van der Waals surface area (Å²) in [5.41, 5.74) is 1.23. The lowest BCUT2D eigenvalue weighted by Gasteiger charge is -2.35. The monoisotopic (exact) mass is 351 g/mol. The molecule has 1 aromatic rings. The molecule has 6 nitrogen and oxygen atoms in total. The first-order chi connectivity index (χ1) is 11.2. The average Bonchev–Trinajstić information content (AvgIpc) is 2.53. The molecule has 0 unspecified atom stereocenters. The number of amides is 1. The summed E-state index contributed by atoms with van der Waals surface area (Å²) in [6.07, 6.45) is 0.360. The van der Waals surface area contributed by atoms with Gasteiger partial charge in [0.15, 0.2) is 0 Å². The van der Waals surface area contributed by atoms with E-state index in [9.17, 15) is 13.2 Å². The molecule has 2 aliphatic heterocycles. The van der Waals surface area contributed by atoms with E-state index in [4.69, 9.17) is 0 Å². The Morgan fingerprint density at radius 2 is 1.83 bits per heavy atom. The normalized spacial score (nSPS) is 22.0. The van der Waals surface area contributed by atoms with Crippen LogP contribution < -0.4 is 5.32 Å². The van der Waals surface area contributed by atoms with Gasteiger partial charge in [0.1, 0.15) is 0 Å². The molecule has 2 heterocycles. The fourth-order valence-corrected chi connectivity index (χ4v) is 4.93. The van der Waals surface area contributed by atoms with Crippen molar-refractivity contribution < 1.29 is 13.2 Å². The fraction of sp³-hybridized carbons (Fsp3) is 0.588. The van der Waals surface area contributed by atoms with E-state index in [2.05, 4.69) is 17.1 Å². The van der Waals surface area contributed by atoms with Gasteiger partial charge in [0, 0.05) is 43.7 Å². The zero-order valence-electron chi connectivity index (χ0n) is 14.5. The number of likely N-dealkylation sites (N-methyl/N-ethyl adjacent to an activating group) is 1. The Balaban J connectivity index is 1.91. The molecule has 132 valence electrons. The fourth-order valence-electron chi connectivity index (χ4n) is 3.48. The lowest BCUT2D eigenvalue weighted by molar-refractivity contribution is -0.117. The number of carbonyl (C=O) groups excluding carboxylic acids is 1. The third-order valence-corrected chi connectivity index (χ3v) is 6.91. The molecule has 0 aliphatic carbocycles. The van der Waals surface area contributed by atoms with E-state index in [1.54, 1.807) is 22.5 Å². The molecule has 2 aliphatic rings. The number of hydrogen-bond donors (Lipinski definition) is 1. The molecule has 1 aromatic carbocycles. The van der Waals surface area contributed by atoms with Gasteiger partial charge in [0.25, 0.3) is 0 Å². The van der Waals surface area contributed by atoms with E-state index in [-0.39, 0.29) is 11.3 Å². The molecule has 0 atom stereocenters. The molecular weight excluding hydrogens is 326 g/mol. The summed E-state index contributed by atoms with van der Waals surface area (Å²) in [5, 5.41) is 2.83. The molecule has 1 N–H and O–H groups in total. The van der Waals surface area contributed by atoms with Gasteiger partial charge in [-0.15, -0.1) is 0 Å². The van der Waals surface area contributed by atoms with Crippen molar-refractivity contribution in [2.75, 3.05) is 38.0 Å². The van der Waals surface area contributed by atoms with Crippen molar-refractivity contribution in [3.8, 4) is 0 Å². The molecule has 0 aromatic heterocycles. The SMILES string of the molecule is CCN1CCN(S(=O)(=O)c2ccc3c(c2)C(C)(C)CC(=O)N3)CC1. The highest BCUT2D eigenvalue weighted by Gasteiger charge is 2.34. The lowest BCUT2D eigenvalue weighted by Crippen LogP contribution is -2.48. The second-order valence-electron chi connectivity index (χ2n) is 7.15. The first kappa shape index (κ1) is 17.4. The number of nitrogens with zero attached hydrogens (tertiary/aromatic N) is 2. The quantitative estimate of drug-likeness (QED) is 0.899. The first-order valence-corrected chi connectivity index (χ1v) is 9.85. The van der Waals surface area contributed by atoms with Gasteiger partial charge in [-0.25, -0.2) is 8.42 Å². The van der Waals surface area contributed by atoms with Crippen LogP contribution in [0.3, 0.4) is 0 Å². The van der Waals surface area contributed by atoms with E-state index < -0.39 is 10.0 Å². The molecule has 0 spiro atoms. The molecule has 1 saturated heterocycles. The Morgan fingerprint density at radius 1 is 1.17 bits per heavy atom. The van der Waals surface area contributed by atoms with Crippen LogP contribution in [0.2, 0.25) is 0 Å². The van der Waals surface area contributed by atoms with Crippen LogP contribution >= 0.6 is 0 Å². The molecular formula is C17H25N3O3S. The van der Waals surface area contributed by atoms with E-state index in [1.165, 1.54) is 0 Å². The third-order valence-electron chi connectivity index (χ3n) is 5.01. The predicted molar refractivity (Wildman–Crippen MR) is 93.6 cm³/mol. The maximum atomic E-state index is 13.0. The molecule has 1 amide bonds. The summed E-state index contributed by atoms with van der Waals surface area (Å²) in [6.45, 7) is 9.55. The van der Waals surface area contributed by atoms with Crippen LogP contribution in [0.4, 0.5) is 5.69 Å². The van der Waals surface area contributed by atoms with Gasteiger partial charge in [0.05, 0.1) is 4.90 Å². The third kappa shape index (κ3) is 3.08. The molecule has 1 fully saturated rings. The number of rotatable bonds is 3. The zero-order chi connectivity index (χ0) is 17.5. The second-order valence-corrected chi connectivity index (χ2v) is 9.09. The van der Waals surface area contributed by atoms with Gasteiger partial charge >= 0.3 is 0 Å². The summed E-state index contributed by atoms with van der Waals surface area (Å²) in [6, 6.07) is 5.04.